The monoisotopic (exact) mass is 423 g/mol. The van der Waals surface area contributed by atoms with Gasteiger partial charge in [-0.05, 0) is 38.4 Å². The lowest BCUT2D eigenvalue weighted by molar-refractivity contribution is -0.125. The normalized spacial score (nSPS) is 16.3. The molecule has 0 aliphatic carbocycles. The molecule has 1 fully saturated rings. The van der Waals surface area contributed by atoms with Crippen LogP contribution in [0.1, 0.15) is 60.3 Å². The Hall–Kier alpha value is -1.82. The Balaban J connectivity index is 0.000000314. The van der Waals surface area contributed by atoms with E-state index in [0.29, 0.717) is 17.5 Å². The number of carbonyl (C=O) groups is 1. The Morgan fingerprint density at radius 1 is 1.17 bits per heavy atom. The van der Waals surface area contributed by atoms with Crippen LogP contribution in [0.3, 0.4) is 0 Å². The lowest BCUT2D eigenvalue weighted by Gasteiger charge is -2.35. The lowest BCUT2D eigenvalue weighted by atomic mass is 10.1. The van der Waals surface area contributed by atoms with Gasteiger partial charge in [-0.2, -0.15) is 0 Å². The summed E-state index contributed by atoms with van der Waals surface area (Å²) in [6, 6.07) is 5.64. The number of amides is 1. The van der Waals surface area contributed by atoms with Gasteiger partial charge in [0.2, 0.25) is 5.91 Å². The van der Waals surface area contributed by atoms with Crippen molar-refractivity contribution in [2.24, 2.45) is 5.92 Å². The van der Waals surface area contributed by atoms with Gasteiger partial charge >= 0.3 is 0 Å². The predicted octanol–water partition coefficient (Wildman–Crippen LogP) is 4.70. The third-order valence-electron chi connectivity index (χ3n) is 5.76. The minimum Gasteiger partial charge on any atom is -0.494 e. The van der Waals surface area contributed by atoms with E-state index < -0.39 is 0 Å². The van der Waals surface area contributed by atoms with E-state index in [1.807, 2.05) is 26.0 Å². The molecule has 0 radical (unpaired) electrons. The van der Waals surface area contributed by atoms with Crippen LogP contribution in [0.15, 0.2) is 18.2 Å². The average Bonchev–Trinajstić information content (AvgIpc) is 2.77. The van der Waals surface area contributed by atoms with Crippen LogP contribution in [0.5, 0.6) is 5.75 Å². The van der Waals surface area contributed by atoms with Crippen LogP contribution in [0.4, 0.5) is 10.1 Å². The van der Waals surface area contributed by atoms with Crippen molar-refractivity contribution in [2.75, 3.05) is 44.7 Å². The Morgan fingerprint density at radius 3 is 2.37 bits per heavy atom. The van der Waals surface area contributed by atoms with Crippen molar-refractivity contribution >= 4 is 11.6 Å². The molecule has 2 atom stereocenters. The number of unbranched alkanes of at least 4 members (excludes halogenated alkanes) is 1. The molecule has 1 aromatic carbocycles. The molecule has 1 amide bonds. The van der Waals surface area contributed by atoms with Crippen molar-refractivity contribution in [3.05, 3.63) is 24.0 Å². The summed E-state index contributed by atoms with van der Waals surface area (Å²) >= 11 is 0. The van der Waals surface area contributed by atoms with Gasteiger partial charge in [0.05, 0.1) is 12.8 Å². The van der Waals surface area contributed by atoms with Gasteiger partial charge in [0.15, 0.2) is 11.6 Å². The highest BCUT2D eigenvalue weighted by Crippen LogP contribution is 2.27. The molecular weight excluding hydrogens is 381 g/mol. The van der Waals surface area contributed by atoms with Crippen LogP contribution in [0, 0.1) is 11.7 Å². The Morgan fingerprint density at radius 2 is 1.83 bits per heavy atom. The van der Waals surface area contributed by atoms with E-state index in [9.17, 15) is 9.18 Å². The largest absolute Gasteiger partial charge is 0.494 e. The highest BCUT2D eigenvalue weighted by molar-refractivity contribution is 5.78. The number of hydrogen-bond donors (Lipinski definition) is 1. The van der Waals surface area contributed by atoms with E-state index in [2.05, 4.69) is 35.9 Å². The van der Waals surface area contributed by atoms with Gasteiger partial charge in [-0.25, -0.2) is 4.39 Å². The number of methoxy groups -OCH3 is 1. The first-order chi connectivity index (χ1) is 14.4. The Labute approximate surface area is 183 Å². The zero-order chi connectivity index (χ0) is 22.5. The number of rotatable bonds is 9. The summed E-state index contributed by atoms with van der Waals surface area (Å²) in [7, 11) is 1.50. The van der Waals surface area contributed by atoms with Crippen molar-refractivity contribution < 1.29 is 13.9 Å². The van der Waals surface area contributed by atoms with Crippen LogP contribution in [0.2, 0.25) is 0 Å². The number of nitrogens with zero attached hydrogens (tertiary/aromatic N) is 2. The molecule has 1 heterocycles. The van der Waals surface area contributed by atoms with Gasteiger partial charge in [-0.15, -0.1) is 0 Å². The molecule has 2 unspecified atom stereocenters. The first-order valence-corrected chi connectivity index (χ1v) is 11.5. The number of piperazine rings is 1. The molecule has 1 aliphatic heterocycles. The Bertz CT molecular complexity index is 618. The predicted molar refractivity (Wildman–Crippen MR) is 124 cm³/mol. The van der Waals surface area contributed by atoms with Gasteiger partial charge < -0.3 is 19.9 Å². The number of likely N-dealkylation sites (N-methyl/N-ethyl adjacent to an activating group) is 1. The standard InChI is InChI=1S/C13H19FN2O.C11H23NO/c1-3-15-7-9-16(10-8-15)11-5-4-6-12(17-2)13(11)14;1-5-7-8-10(4)12-11(13)9(3)6-2/h4-6H,3,7-10H2,1-2H3;9-10H,5-8H2,1-4H3,(H,12,13). The maximum Gasteiger partial charge on any atom is 0.223 e. The molecule has 2 rings (SSSR count). The Kier molecular flexibility index (Phi) is 12.4. The molecule has 30 heavy (non-hydrogen) atoms. The number of benzene rings is 1. The van der Waals surface area contributed by atoms with Crippen LogP contribution in [-0.2, 0) is 4.79 Å². The summed E-state index contributed by atoms with van der Waals surface area (Å²) in [4.78, 5) is 15.9. The summed E-state index contributed by atoms with van der Waals surface area (Å²) in [6.07, 6.45) is 4.41. The number of halogens is 1. The van der Waals surface area contributed by atoms with Crippen molar-refractivity contribution in [3.8, 4) is 5.75 Å². The van der Waals surface area contributed by atoms with Crippen molar-refractivity contribution in [1.82, 2.24) is 10.2 Å². The van der Waals surface area contributed by atoms with E-state index in [0.717, 1.165) is 45.6 Å². The zero-order valence-electron chi connectivity index (χ0n) is 19.8. The van der Waals surface area contributed by atoms with Gasteiger partial charge in [0.25, 0.3) is 0 Å². The van der Waals surface area contributed by atoms with E-state index in [4.69, 9.17) is 4.74 Å². The maximum atomic E-state index is 14.1. The summed E-state index contributed by atoms with van der Waals surface area (Å²) < 4.78 is 19.1. The van der Waals surface area contributed by atoms with E-state index in [1.54, 1.807) is 6.07 Å². The third kappa shape index (κ3) is 8.50. The second-order valence-electron chi connectivity index (χ2n) is 8.08. The summed E-state index contributed by atoms with van der Waals surface area (Å²) in [5, 5.41) is 3.03. The molecule has 1 N–H and O–H groups in total. The second-order valence-corrected chi connectivity index (χ2v) is 8.08. The molecule has 172 valence electrons. The first-order valence-electron chi connectivity index (χ1n) is 11.5. The maximum absolute atomic E-state index is 14.1. The molecule has 0 bridgehead atoms. The van der Waals surface area contributed by atoms with Crippen LogP contribution in [0.25, 0.3) is 0 Å². The fourth-order valence-corrected chi connectivity index (χ4v) is 3.36. The number of carbonyl (C=O) groups excluding carboxylic acids is 1. The third-order valence-corrected chi connectivity index (χ3v) is 5.76. The molecule has 1 aromatic rings. The van der Waals surface area contributed by atoms with Crippen molar-refractivity contribution in [3.63, 3.8) is 0 Å². The van der Waals surface area contributed by atoms with Crippen LogP contribution < -0.4 is 15.0 Å². The minimum absolute atomic E-state index is 0.157. The van der Waals surface area contributed by atoms with Gasteiger partial charge in [0.1, 0.15) is 0 Å². The summed E-state index contributed by atoms with van der Waals surface area (Å²) in [5.74, 6) is 0.426. The molecule has 1 aliphatic rings. The molecule has 0 saturated carbocycles. The molecule has 1 saturated heterocycles. The number of nitrogens with one attached hydrogen (secondary N) is 1. The summed E-state index contributed by atoms with van der Waals surface area (Å²) in [6.45, 7) is 15.2. The fourth-order valence-electron chi connectivity index (χ4n) is 3.36. The van der Waals surface area contributed by atoms with Gasteiger partial charge in [0, 0.05) is 38.1 Å². The molecular formula is C24H42FN3O2. The number of anilines is 1. The quantitative estimate of drug-likeness (QED) is 0.625. The highest BCUT2D eigenvalue weighted by atomic mass is 19.1. The highest BCUT2D eigenvalue weighted by Gasteiger charge is 2.20. The van der Waals surface area contributed by atoms with Crippen LogP contribution >= 0.6 is 0 Å². The number of hydrogen-bond acceptors (Lipinski definition) is 4. The number of ether oxygens (including phenoxy) is 1. The molecule has 0 aromatic heterocycles. The average molecular weight is 424 g/mol. The van der Waals surface area contributed by atoms with Crippen LogP contribution in [-0.4, -0.2) is 56.7 Å². The molecule has 0 spiro atoms. The fraction of sp³-hybridized carbons (Fsp3) is 0.708. The summed E-state index contributed by atoms with van der Waals surface area (Å²) in [5.41, 5.74) is 0.653. The smallest absolute Gasteiger partial charge is 0.223 e. The second kappa shape index (κ2) is 14.2. The molecule has 5 nitrogen and oxygen atoms in total. The molecule has 6 heteroatoms. The van der Waals surface area contributed by atoms with Crippen molar-refractivity contribution in [2.45, 2.75) is 66.3 Å². The van der Waals surface area contributed by atoms with E-state index in [-0.39, 0.29) is 17.6 Å². The first kappa shape index (κ1) is 26.2. The van der Waals surface area contributed by atoms with E-state index in [1.165, 1.54) is 20.0 Å². The lowest BCUT2D eigenvalue weighted by Crippen LogP contribution is -2.46. The van der Waals surface area contributed by atoms with Crippen molar-refractivity contribution in [1.29, 1.82) is 0 Å². The zero-order valence-corrected chi connectivity index (χ0v) is 19.8. The topological polar surface area (TPSA) is 44.8 Å². The minimum atomic E-state index is -0.250. The van der Waals surface area contributed by atoms with Gasteiger partial charge in [-0.3, -0.25) is 4.79 Å². The SMILES string of the molecule is CCCCC(C)NC(=O)C(C)CC.CCN1CCN(c2cccc(OC)c2F)CC1. The van der Waals surface area contributed by atoms with Gasteiger partial charge in [-0.1, -0.05) is 46.6 Å². The van der Waals surface area contributed by atoms with E-state index >= 15 is 0 Å².